The van der Waals surface area contributed by atoms with Gasteiger partial charge >= 0.3 is 0 Å². The van der Waals surface area contributed by atoms with Crippen LogP contribution in [0.5, 0.6) is 0 Å². The van der Waals surface area contributed by atoms with Gasteiger partial charge in [-0.2, -0.15) is 0 Å². The normalized spacial score (nSPS) is 15.2. The van der Waals surface area contributed by atoms with E-state index in [9.17, 15) is 13.2 Å². The summed E-state index contributed by atoms with van der Waals surface area (Å²) in [4.78, 5) is 10.8. The van der Waals surface area contributed by atoms with Crippen LogP contribution in [0.4, 0.5) is 0 Å². The third-order valence-electron chi connectivity index (χ3n) is 3.03. The largest absolute Gasteiger partial charge is 0.280 e. The number of rotatable bonds is 4. The molecule has 0 fully saturated rings. The molecular formula is C12H14ClNO3S. The van der Waals surface area contributed by atoms with E-state index >= 15 is 0 Å². The summed E-state index contributed by atoms with van der Waals surface area (Å²) in [7, 11) is -3.64. The van der Waals surface area contributed by atoms with Gasteiger partial charge in [-0.3, -0.25) is 4.79 Å². The smallest absolute Gasteiger partial charge is 0.241 e. The van der Waals surface area contributed by atoms with Gasteiger partial charge in [-0.05, 0) is 60.5 Å². The van der Waals surface area contributed by atoms with Crippen LogP contribution in [0, 0.1) is 0 Å². The summed E-state index contributed by atoms with van der Waals surface area (Å²) in [5.74, 6) is 0. The molecule has 1 aliphatic carbocycles. The van der Waals surface area contributed by atoms with Gasteiger partial charge in [0.2, 0.25) is 15.3 Å². The average molecular weight is 288 g/mol. The van der Waals surface area contributed by atoms with E-state index in [4.69, 9.17) is 11.6 Å². The highest BCUT2D eigenvalue weighted by Crippen LogP contribution is 2.23. The lowest BCUT2D eigenvalue weighted by molar-refractivity contribution is -0.110. The Kier molecular flexibility index (Phi) is 4.04. The molecule has 0 spiro atoms. The molecule has 1 aromatic carbocycles. The van der Waals surface area contributed by atoms with Crippen molar-refractivity contribution < 1.29 is 13.2 Å². The lowest BCUT2D eigenvalue weighted by Gasteiger charge is -2.16. The molecule has 0 amide bonds. The molecule has 0 radical (unpaired) electrons. The van der Waals surface area contributed by atoms with Crippen molar-refractivity contribution in [3.63, 3.8) is 0 Å². The number of fused-ring (bicyclic) bond motifs is 1. The number of hydrogen-bond acceptors (Lipinski definition) is 3. The molecule has 1 aliphatic rings. The maximum absolute atomic E-state index is 11.9. The second-order valence-electron chi connectivity index (χ2n) is 4.32. The van der Waals surface area contributed by atoms with Crippen molar-refractivity contribution >= 4 is 26.9 Å². The number of nitrogens with one attached hydrogen (secondary N) is 1. The van der Waals surface area contributed by atoms with E-state index in [0.29, 0.717) is 0 Å². The fourth-order valence-electron chi connectivity index (χ4n) is 2.11. The van der Waals surface area contributed by atoms with Gasteiger partial charge in [0.1, 0.15) is 0 Å². The molecule has 0 heterocycles. The Hall–Kier alpha value is -0.910. The summed E-state index contributed by atoms with van der Waals surface area (Å²) < 4.78 is 26.0. The first-order valence-corrected chi connectivity index (χ1v) is 7.65. The lowest BCUT2D eigenvalue weighted by Crippen LogP contribution is -2.28. The zero-order valence-corrected chi connectivity index (χ0v) is 11.4. The standard InChI is InChI=1S/C12H14ClNO3S/c13-12(15)8-14-18(16,17)11-6-5-9-3-1-2-4-10(9)7-11/h5-7,14H,1-4,8H2. The van der Waals surface area contributed by atoms with Crippen LogP contribution >= 0.6 is 11.6 Å². The minimum absolute atomic E-state index is 0.195. The Balaban J connectivity index is 2.25. The van der Waals surface area contributed by atoms with Gasteiger partial charge in [0, 0.05) is 0 Å². The van der Waals surface area contributed by atoms with E-state index in [2.05, 4.69) is 4.72 Å². The van der Waals surface area contributed by atoms with Gasteiger partial charge in [0.05, 0.1) is 11.4 Å². The van der Waals surface area contributed by atoms with Crippen LogP contribution in [-0.4, -0.2) is 20.2 Å². The van der Waals surface area contributed by atoms with Crippen molar-refractivity contribution in [1.82, 2.24) is 4.72 Å². The van der Waals surface area contributed by atoms with Crippen molar-refractivity contribution in [3.05, 3.63) is 29.3 Å². The van der Waals surface area contributed by atoms with Crippen molar-refractivity contribution in [1.29, 1.82) is 0 Å². The molecule has 1 aromatic rings. The summed E-state index contributed by atoms with van der Waals surface area (Å²) in [6.07, 6.45) is 4.15. The van der Waals surface area contributed by atoms with Crippen molar-refractivity contribution in [3.8, 4) is 0 Å². The quantitative estimate of drug-likeness (QED) is 0.856. The summed E-state index contributed by atoms with van der Waals surface area (Å²) in [6, 6.07) is 5.12. The third kappa shape index (κ3) is 3.10. The van der Waals surface area contributed by atoms with Gasteiger partial charge in [-0.15, -0.1) is 0 Å². The number of carbonyl (C=O) groups is 1. The molecule has 98 valence electrons. The molecule has 6 heteroatoms. The number of benzene rings is 1. The van der Waals surface area contributed by atoms with Crippen LogP contribution in [0.1, 0.15) is 24.0 Å². The Morgan fingerprint density at radius 1 is 1.22 bits per heavy atom. The van der Waals surface area contributed by atoms with E-state index in [0.717, 1.165) is 31.2 Å². The topological polar surface area (TPSA) is 63.2 Å². The monoisotopic (exact) mass is 287 g/mol. The highest BCUT2D eigenvalue weighted by Gasteiger charge is 2.18. The molecular weight excluding hydrogens is 274 g/mol. The first-order valence-electron chi connectivity index (χ1n) is 5.79. The zero-order chi connectivity index (χ0) is 13.2. The van der Waals surface area contributed by atoms with E-state index in [1.54, 1.807) is 12.1 Å². The number of halogens is 1. The van der Waals surface area contributed by atoms with E-state index in [1.165, 1.54) is 5.56 Å². The fourth-order valence-corrected chi connectivity index (χ4v) is 3.29. The minimum atomic E-state index is -3.64. The van der Waals surface area contributed by atoms with Crippen LogP contribution < -0.4 is 4.72 Å². The summed E-state index contributed by atoms with van der Waals surface area (Å²) >= 11 is 5.12. The van der Waals surface area contributed by atoms with Crippen LogP contribution in [0.2, 0.25) is 0 Å². The Bertz CT molecular complexity index is 569. The van der Waals surface area contributed by atoms with Crippen LogP contribution in [0.25, 0.3) is 0 Å². The molecule has 4 nitrogen and oxygen atoms in total. The number of sulfonamides is 1. The Labute approximate surface area is 111 Å². The Morgan fingerprint density at radius 2 is 1.89 bits per heavy atom. The Morgan fingerprint density at radius 3 is 2.56 bits per heavy atom. The van der Waals surface area contributed by atoms with E-state index in [-0.39, 0.29) is 11.4 Å². The molecule has 0 atom stereocenters. The van der Waals surface area contributed by atoms with Crippen LogP contribution in [0.15, 0.2) is 23.1 Å². The second kappa shape index (κ2) is 5.38. The van der Waals surface area contributed by atoms with Crippen molar-refractivity contribution in [2.24, 2.45) is 0 Å². The maximum Gasteiger partial charge on any atom is 0.241 e. The predicted octanol–water partition coefficient (Wildman–Crippen LogP) is 1.61. The number of carbonyl (C=O) groups excluding carboxylic acids is 1. The molecule has 1 N–H and O–H groups in total. The van der Waals surface area contributed by atoms with E-state index < -0.39 is 15.3 Å². The zero-order valence-electron chi connectivity index (χ0n) is 9.78. The van der Waals surface area contributed by atoms with Gasteiger partial charge in [0.15, 0.2) is 0 Å². The van der Waals surface area contributed by atoms with Gasteiger partial charge in [0.25, 0.3) is 0 Å². The molecule has 0 bridgehead atoms. The van der Waals surface area contributed by atoms with Crippen molar-refractivity contribution in [2.75, 3.05) is 6.54 Å². The molecule has 0 aromatic heterocycles. The first-order chi connectivity index (χ1) is 8.49. The maximum atomic E-state index is 11.9. The molecule has 18 heavy (non-hydrogen) atoms. The van der Waals surface area contributed by atoms with Crippen molar-refractivity contribution in [2.45, 2.75) is 30.6 Å². The molecule has 0 unspecified atom stereocenters. The van der Waals surface area contributed by atoms with E-state index in [1.807, 2.05) is 6.07 Å². The fraction of sp³-hybridized carbons (Fsp3) is 0.417. The number of aryl methyl sites for hydroxylation is 2. The van der Waals surface area contributed by atoms with Gasteiger partial charge in [-0.1, -0.05) is 6.07 Å². The molecule has 0 saturated carbocycles. The molecule has 0 saturated heterocycles. The SMILES string of the molecule is O=C(Cl)CNS(=O)(=O)c1ccc2c(c1)CCCC2. The second-order valence-corrected chi connectivity index (χ2v) is 6.51. The summed E-state index contributed by atoms with van der Waals surface area (Å²) in [5.41, 5.74) is 2.30. The lowest BCUT2D eigenvalue weighted by atomic mass is 9.92. The molecule has 0 aliphatic heterocycles. The minimum Gasteiger partial charge on any atom is -0.280 e. The average Bonchev–Trinajstić information content (AvgIpc) is 2.36. The molecule has 2 rings (SSSR count). The predicted molar refractivity (Wildman–Crippen MR) is 69.1 cm³/mol. The highest BCUT2D eigenvalue weighted by molar-refractivity contribution is 7.89. The van der Waals surface area contributed by atoms with Gasteiger partial charge in [-0.25, -0.2) is 13.1 Å². The number of hydrogen-bond donors (Lipinski definition) is 1. The highest BCUT2D eigenvalue weighted by atomic mass is 35.5. The van der Waals surface area contributed by atoms with Crippen LogP contribution in [0.3, 0.4) is 0 Å². The first kappa shape index (κ1) is 13.5. The van der Waals surface area contributed by atoms with Crippen LogP contribution in [-0.2, 0) is 27.7 Å². The summed E-state index contributed by atoms with van der Waals surface area (Å²) in [5, 5.41) is -0.725. The summed E-state index contributed by atoms with van der Waals surface area (Å²) in [6.45, 7) is -0.388. The third-order valence-corrected chi connectivity index (χ3v) is 4.56. The van der Waals surface area contributed by atoms with Gasteiger partial charge < -0.3 is 0 Å².